The van der Waals surface area contributed by atoms with Crippen LogP contribution in [0.5, 0.6) is 0 Å². The van der Waals surface area contributed by atoms with Gasteiger partial charge < -0.3 is 0 Å². The molecule has 9 aromatic carbocycles. The fourth-order valence-corrected chi connectivity index (χ4v) is 8.53. The van der Waals surface area contributed by atoms with E-state index in [1.54, 1.807) is 0 Å². The molecule has 0 bridgehead atoms. The molecule has 0 heterocycles. The summed E-state index contributed by atoms with van der Waals surface area (Å²) in [6.07, 6.45) is 0. The maximum absolute atomic E-state index is 2.41. The zero-order chi connectivity index (χ0) is 34.1. The monoisotopic (exact) mass is 648 g/mol. The first-order valence-electron chi connectivity index (χ1n) is 17.9. The minimum atomic E-state index is -0.0139. The van der Waals surface area contributed by atoms with Gasteiger partial charge in [0.2, 0.25) is 0 Å². The van der Waals surface area contributed by atoms with Crippen molar-refractivity contribution in [2.24, 2.45) is 0 Å². The highest BCUT2D eigenvalue weighted by molar-refractivity contribution is 6.14. The van der Waals surface area contributed by atoms with E-state index in [1.165, 1.54) is 99.1 Å². The summed E-state index contributed by atoms with van der Waals surface area (Å²) in [7, 11) is 0. The minimum absolute atomic E-state index is 0.0139. The first-order chi connectivity index (χ1) is 25.0. The molecule has 0 heteroatoms. The molecule has 0 N–H and O–H groups in total. The van der Waals surface area contributed by atoms with Crippen LogP contribution >= 0.6 is 0 Å². The quantitative estimate of drug-likeness (QED) is 0.167. The molecule has 0 spiro atoms. The Morgan fingerprint density at radius 3 is 1.61 bits per heavy atom. The maximum atomic E-state index is 2.41. The van der Waals surface area contributed by atoms with E-state index in [4.69, 9.17) is 0 Å². The van der Waals surface area contributed by atoms with Crippen LogP contribution in [0.15, 0.2) is 182 Å². The summed E-state index contributed by atoms with van der Waals surface area (Å²) in [5.74, 6) is 0. The van der Waals surface area contributed by atoms with Crippen LogP contribution in [0, 0.1) is 0 Å². The van der Waals surface area contributed by atoms with Crippen LogP contribution in [0.4, 0.5) is 0 Å². The van der Waals surface area contributed by atoms with Gasteiger partial charge in [0.25, 0.3) is 0 Å². The average Bonchev–Trinajstić information content (AvgIpc) is 3.42. The van der Waals surface area contributed by atoms with Crippen LogP contribution in [-0.2, 0) is 5.41 Å². The SMILES string of the molecule is CC1(C)c2ccccc2-c2ccc(-c3ccc4cc(-c5cc(-c6ccccc6)cc(-c6cc7ccccc7c7ccccc67)c5)ccc4c3)cc21. The lowest BCUT2D eigenvalue weighted by molar-refractivity contribution is 0.660. The second-order valence-electron chi connectivity index (χ2n) is 14.6. The number of hydrogen-bond donors (Lipinski definition) is 0. The molecule has 0 radical (unpaired) electrons. The molecule has 10 rings (SSSR count). The Morgan fingerprint density at radius 1 is 0.275 bits per heavy atom. The van der Waals surface area contributed by atoms with Crippen molar-refractivity contribution in [3.05, 3.63) is 193 Å². The van der Waals surface area contributed by atoms with Gasteiger partial charge in [-0.15, -0.1) is 0 Å². The molecule has 240 valence electrons. The van der Waals surface area contributed by atoms with Crippen molar-refractivity contribution in [1.82, 2.24) is 0 Å². The molecule has 0 amide bonds. The summed E-state index contributed by atoms with van der Waals surface area (Å²) in [5.41, 5.74) is 15.4. The van der Waals surface area contributed by atoms with Gasteiger partial charge in [-0.2, -0.15) is 0 Å². The Kier molecular flexibility index (Phi) is 6.63. The molecule has 9 aromatic rings. The number of fused-ring (bicyclic) bond motifs is 7. The van der Waals surface area contributed by atoms with Crippen molar-refractivity contribution < 1.29 is 0 Å². The van der Waals surface area contributed by atoms with Crippen LogP contribution < -0.4 is 0 Å². The van der Waals surface area contributed by atoms with Crippen LogP contribution in [0.25, 0.3) is 88.0 Å². The summed E-state index contributed by atoms with van der Waals surface area (Å²) in [6.45, 7) is 4.70. The standard InChI is InChI=1S/C51H36/c1-51(2)49-19-11-10-18-46(49)47-25-24-38(32-50(47)51)36-21-20-35-27-37(23-22-34(35)26-36)41-28-40(33-12-4-3-5-13-33)29-42(30-41)48-31-39-14-6-7-15-43(39)44-16-8-9-17-45(44)48/h3-32H,1-2H3. The van der Waals surface area contributed by atoms with Crippen LogP contribution in [0.1, 0.15) is 25.0 Å². The lowest BCUT2D eigenvalue weighted by Crippen LogP contribution is -2.14. The van der Waals surface area contributed by atoms with E-state index >= 15 is 0 Å². The van der Waals surface area contributed by atoms with Gasteiger partial charge in [0.15, 0.2) is 0 Å². The fourth-order valence-electron chi connectivity index (χ4n) is 8.53. The molecule has 0 fully saturated rings. The van der Waals surface area contributed by atoms with E-state index in [2.05, 4.69) is 196 Å². The first-order valence-corrected chi connectivity index (χ1v) is 17.9. The molecule has 0 aliphatic heterocycles. The summed E-state index contributed by atoms with van der Waals surface area (Å²) in [6, 6.07) is 67.5. The molecule has 0 saturated heterocycles. The van der Waals surface area contributed by atoms with E-state index < -0.39 is 0 Å². The largest absolute Gasteiger partial charge is 0.0622 e. The summed E-state index contributed by atoms with van der Waals surface area (Å²) < 4.78 is 0. The van der Waals surface area contributed by atoms with Gasteiger partial charge in [0.05, 0.1) is 0 Å². The number of hydrogen-bond acceptors (Lipinski definition) is 0. The Balaban J connectivity index is 1.09. The van der Waals surface area contributed by atoms with E-state index in [0.717, 1.165) is 0 Å². The van der Waals surface area contributed by atoms with Crippen molar-refractivity contribution in [3.8, 4) is 55.6 Å². The van der Waals surface area contributed by atoms with Gasteiger partial charge in [0.1, 0.15) is 0 Å². The van der Waals surface area contributed by atoms with Gasteiger partial charge in [-0.1, -0.05) is 153 Å². The molecule has 1 aliphatic carbocycles. The molecular weight excluding hydrogens is 613 g/mol. The molecular formula is C51H36. The van der Waals surface area contributed by atoms with Crippen molar-refractivity contribution in [2.45, 2.75) is 19.3 Å². The fraction of sp³-hybridized carbons (Fsp3) is 0.0588. The Morgan fingerprint density at radius 2 is 0.824 bits per heavy atom. The van der Waals surface area contributed by atoms with E-state index in [1.807, 2.05) is 0 Å². The van der Waals surface area contributed by atoms with Gasteiger partial charge in [-0.05, 0) is 142 Å². The smallest absolute Gasteiger partial charge is 0.0159 e. The molecule has 0 atom stereocenters. The third kappa shape index (κ3) is 4.83. The van der Waals surface area contributed by atoms with Crippen molar-refractivity contribution in [2.75, 3.05) is 0 Å². The highest BCUT2D eigenvalue weighted by Gasteiger charge is 2.35. The van der Waals surface area contributed by atoms with E-state index in [0.29, 0.717) is 0 Å². The van der Waals surface area contributed by atoms with Crippen molar-refractivity contribution in [1.29, 1.82) is 0 Å². The van der Waals surface area contributed by atoms with E-state index in [-0.39, 0.29) is 5.41 Å². The zero-order valence-corrected chi connectivity index (χ0v) is 28.8. The topological polar surface area (TPSA) is 0 Å². The second kappa shape index (κ2) is 11.4. The molecule has 0 aromatic heterocycles. The molecule has 0 unspecified atom stereocenters. The first kappa shape index (κ1) is 29.7. The van der Waals surface area contributed by atoms with Crippen LogP contribution in [0.3, 0.4) is 0 Å². The number of benzene rings is 9. The maximum Gasteiger partial charge on any atom is 0.0159 e. The van der Waals surface area contributed by atoms with E-state index in [9.17, 15) is 0 Å². The third-order valence-electron chi connectivity index (χ3n) is 11.2. The molecule has 0 nitrogen and oxygen atoms in total. The Bertz CT molecular complexity index is 2820. The second-order valence-corrected chi connectivity index (χ2v) is 14.6. The van der Waals surface area contributed by atoms with Crippen molar-refractivity contribution in [3.63, 3.8) is 0 Å². The van der Waals surface area contributed by atoms with Crippen molar-refractivity contribution >= 4 is 32.3 Å². The predicted octanol–water partition coefficient (Wildman–Crippen LogP) is 14.1. The highest BCUT2D eigenvalue weighted by Crippen LogP contribution is 2.49. The third-order valence-corrected chi connectivity index (χ3v) is 11.2. The Labute approximate surface area is 299 Å². The lowest BCUT2D eigenvalue weighted by atomic mass is 9.81. The predicted molar refractivity (Wildman–Crippen MR) is 218 cm³/mol. The lowest BCUT2D eigenvalue weighted by Gasteiger charge is -2.22. The molecule has 51 heavy (non-hydrogen) atoms. The zero-order valence-electron chi connectivity index (χ0n) is 28.8. The highest BCUT2D eigenvalue weighted by atomic mass is 14.4. The van der Waals surface area contributed by atoms with Gasteiger partial charge in [-0.3, -0.25) is 0 Å². The summed E-state index contributed by atoms with van der Waals surface area (Å²) in [5, 5.41) is 7.61. The normalized spacial score (nSPS) is 13.1. The Hall–Kier alpha value is -6.24. The minimum Gasteiger partial charge on any atom is -0.0622 e. The van der Waals surface area contributed by atoms with Gasteiger partial charge >= 0.3 is 0 Å². The molecule has 0 saturated carbocycles. The van der Waals surface area contributed by atoms with Crippen LogP contribution in [0.2, 0.25) is 0 Å². The average molecular weight is 649 g/mol. The van der Waals surface area contributed by atoms with Gasteiger partial charge in [0, 0.05) is 5.41 Å². The van der Waals surface area contributed by atoms with Gasteiger partial charge in [-0.25, -0.2) is 0 Å². The number of rotatable bonds is 4. The summed E-state index contributed by atoms with van der Waals surface area (Å²) >= 11 is 0. The molecule has 1 aliphatic rings. The van der Waals surface area contributed by atoms with Crippen LogP contribution in [-0.4, -0.2) is 0 Å². The summed E-state index contributed by atoms with van der Waals surface area (Å²) in [4.78, 5) is 0.